The van der Waals surface area contributed by atoms with Crippen LogP contribution in [0.15, 0.2) is 0 Å². The van der Waals surface area contributed by atoms with Gasteiger partial charge < -0.3 is 10.2 Å². The topological polar surface area (TPSA) is 18.5 Å². The highest BCUT2D eigenvalue weighted by molar-refractivity contribution is 5.06. The lowest BCUT2D eigenvalue weighted by Crippen LogP contribution is -2.72. The molecule has 0 aromatic rings. The van der Waals surface area contributed by atoms with Gasteiger partial charge in [0.15, 0.2) is 0 Å². The Morgan fingerprint density at radius 2 is 1.62 bits per heavy atom. The van der Waals surface area contributed by atoms with Crippen LogP contribution in [-0.4, -0.2) is 62.2 Å². The Hall–Kier alpha value is -0.120. The lowest BCUT2D eigenvalue weighted by atomic mass is 9.71. The van der Waals surface area contributed by atoms with E-state index >= 15 is 0 Å². The molecule has 3 heteroatoms. The maximum absolute atomic E-state index is 3.42. The Bertz CT molecular complexity index is 244. The van der Waals surface area contributed by atoms with E-state index in [0.29, 0.717) is 5.41 Å². The number of nitrogens with zero attached hydrogens (tertiary/aromatic N) is 2. The Balaban J connectivity index is 1.44. The van der Waals surface area contributed by atoms with Gasteiger partial charge in [-0.1, -0.05) is 0 Å². The third kappa shape index (κ3) is 1.79. The summed E-state index contributed by atoms with van der Waals surface area (Å²) in [7, 11) is 4.35. The summed E-state index contributed by atoms with van der Waals surface area (Å²) in [5, 5.41) is 3.42. The van der Waals surface area contributed by atoms with Gasteiger partial charge in [0.2, 0.25) is 0 Å². The summed E-state index contributed by atoms with van der Waals surface area (Å²) >= 11 is 0. The van der Waals surface area contributed by atoms with Crippen LogP contribution in [0.1, 0.15) is 25.7 Å². The van der Waals surface area contributed by atoms with E-state index in [9.17, 15) is 0 Å². The molecule has 1 spiro atoms. The molecule has 0 aromatic heterocycles. The number of rotatable bonds is 2. The largest absolute Gasteiger partial charge is 0.317 e. The molecule has 0 unspecified atom stereocenters. The molecule has 0 amide bonds. The van der Waals surface area contributed by atoms with Gasteiger partial charge in [0.25, 0.3) is 0 Å². The van der Waals surface area contributed by atoms with E-state index in [2.05, 4.69) is 29.2 Å². The fourth-order valence-corrected chi connectivity index (χ4v) is 4.10. The minimum Gasteiger partial charge on any atom is -0.317 e. The van der Waals surface area contributed by atoms with Gasteiger partial charge >= 0.3 is 0 Å². The molecule has 1 aliphatic carbocycles. The molecule has 2 saturated heterocycles. The summed E-state index contributed by atoms with van der Waals surface area (Å²) in [6.45, 7) is 5.45. The number of nitrogens with one attached hydrogen (secondary N) is 1. The lowest BCUT2D eigenvalue weighted by Gasteiger charge is -2.62. The third-order valence-corrected chi connectivity index (χ3v) is 4.91. The van der Waals surface area contributed by atoms with Gasteiger partial charge in [-0.3, -0.25) is 4.90 Å². The van der Waals surface area contributed by atoms with E-state index < -0.39 is 0 Å². The van der Waals surface area contributed by atoms with Crippen LogP contribution in [0.2, 0.25) is 0 Å². The molecule has 2 heterocycles. The molecule has 0 bridgehead atoms. The van der Waals surface area contributed by atoms with E-state index in [0.717, 1.165) is 12.1 Å². The van der Waals surface area contributed by atoms with Crippen molar-refractivity contribution in [1.82, 2.24) is 15.1 Å². The minimum atomic E-state index is 0.717. The van der Waals surface area contributed by atoms with Crippen molar-refractivity contribution in [2.75, 3.05) is 40.3 Å². The van der Waals surface area contributed by atoms with Crippen LogP contribution in [0, 0.1) is 5.41 Å². The summed E-state index contributed by atoms with van der Waals surface area (Å²) in [6.07, 6.45) is 5.59. The zero-order valence-corrected chi connectivity index (χ0v) is 10.7. The normalized spacial score (nSPS) is 39.4. The molecule has 0 aromatic carbocycles. The van der Waals surface area contributed by atoms with Crippen LogP contribution in [0.5, 0.6) is 0 Å². The van der Waals surface area contributed by atoms with Crippen LogP contribution < -0.4 is 5.32 Å². The molecule has 3 nitrogen and oxygen atoms in total. The first-order valence-electron chi connectivity index (χ1n) is 6.81. The second-order valence-electron chi connectivity index (χ2n) is 6.37. The van der Waals surface area contributed by atoms with Crippen molar-refractivity contribution in [2.24, 2.45) is 5.41 Å². The standard InChI is InChI=1S/C13H25N3/c1-14-11-3-5-12(6-4-11)16-9-13(10-16)7-15(2)8-13/h11-12,14H,3-10H2,1-2H3. The first kappa shape index (κ1) is 11.0. The molecule has 2 aliphatic heterocycles. The van der Waals surface area contributed by atoms with Crippen molar-refractivity contribution in [1.29, 1.82) is 0 Å². The van der Waals surface area contributed by atoms with Crippen LogP contribution >= 0.6 is 0 Å². The predicted molar refractivity (Wildman–Crippen MR) is 66.6 cm³/mol. The molecule has 1 N–H and O–H groups in total. The Kier molecular flexibility index (Phi) is 2.73. The van der Waals surface area contributed by atoms with Crippen molar-refractivity contribution >= 4 is 0 Å². The summed E-state index contributed by atoms with van der Waals surface area (Å²) < 4.78 is 0. The molecular formula is C13H25N3. The highest BCUT2D eigenvalue weighted by Crippen LogP contribution is 2.41. The van der Waals surface area contributed by atoms with Crippen LogP contribution in [0.25, 0.3) is 0 Å². The molecule has 16 heavy (non-hydrogen) atoms. The van der Waals surface area contributed by atoms with E-state index in [-0.39, 0.29) is 0 Å². The van der Waals surface area contributed by atoms with Crippen molar-refractivity contribution in [3.05, 3.63) is 0 Å². The number of likely N-dealkylation sites (tertiary alicyclic amines) is 2. The zero-order chi connectivity index (χ0) is 11.2. The minimum absolute atomic E-state index is 0.717. The summed E-state index contributed by atoms with van der Waals surface area (Å²) in [5.74, 6) is 0. The first-order chi connectivity index (χ1) is 7.71. The SMILES string of the molecule is CNC1CCC(N2CC3(CN(C)C3)C2)CC1. The Morgan fingerprint density at radius 3 is 2.12 bits per heavy atom. The number of hydrogen-bond acceptors (Lipinski definition) is 3. The van der Waals surface area contributed by atoms with Gasteiger partial charge in [0.05, 0.1) is 0 Å². The van der Waals surface area contributed by atoms with Gasteiger partial charge in [-0.2, -0.15) is 0 Å². The summed E-state index contributed by atoms with van der Waals surface area (Å²) in [5.41, 5.74) is 0.717. The van der Waals surface area contributed by atoms with Crippen LogP contribution in [0.3, 0.4) is 0 Å². The molecule has 3 rings (SSSR count). The van der Waals surface area contributed by atoms with E-state index in [1.54, 1.807) is 0 Å². The lowest BCUT2D eigenvalue weighted by molar-refractivity contribution is -0.125. The van der Waals surface area contributed by atoms with Crippen LogP contribution in [0.4, 0.5) is 0 Å². The maximum atomic E-state index is 3.42. The highest BCUT2D eigenvalue weighted by atomic mass is 15.3. The Morgan fingerprint density at radius 1 is 1.00 bits per heavy atom. The molecule has 3 aliphatic rings. The van der Waals surface area contributed by atoms with Crippen LogP contribution in [-0.2, 0) is 0 Å². The maximum Gasteiger partial charge on any atom is 0.0212 e. The van der Waals surface area contributed by atoms with Gasteiger partial charge in [0.1, 0.15) is 0 Å². The van der Waals surface area contributed by atoms with Gasteiger partial charge in [-0.15, -0.1) is 0 Å². The Labute approximate surface area is 99.2 Å². The van der Waals surface area contributed by atoms with Crippen molar-refractivity contribution < 1.29 is 0 Å². The van der Waals surface area contributed by atoms with Crippen molar-refractivity contribution in [3.63, 3.8) is 0 Å². The van der Waals surface area contributed by atoms with E-state index in [4.69, 9.17) is 0 Å². The second kappa shape index (κ2) is 3.97. The fraction of sp³-hybridized carbons (Fsp3) is 1.00. The average molecular weight is 223 g/mol. The smallest absolute Gasteiger partial charge is 0.0212 e. The van der Waals surface area contributed by atoms with E-state index in [1.807, 2.05) is 0 Å². The quantitative estimate of drug-likeness (QED) is 0.746. The molecular weight excluding hydrogens is 198 g/mol. The summed E-state index contributed by atoms with van der Waals surface area (Å²) in [4.78, 5) is 5.20. The first-order valence-corrected chi connectivity index (χ1v) is 6.81. The third-order valence-electron chi connectivity index (χ3n) is 4.91. The molecule has 92 valence electrons. The monoisotopic (exact) mass is 223 g/mol. The fourth-order valence-electron chi connectivity index (χ4n) is 4.10. The highest BCUT2D eigenvalue weighted by Gasteiger charge is 2.51. The van der Waals surface area contributed by atoms with Gasteiger partial charge in [-0.05, 0) is 39.8 Å². The van der Waals surface area contributed by atoms with E-state index in [1.165, 1.54) is 51.9 Å². The average Bonchev–Trinajstić information content (AvgIpc) is 2.22. The zero-order valence-electron chi connectivity index (χ0n) is 10.7. The molecule has 0 atom stereocenters. The summed E-state index contributed by atoms with van der Waals surface area (Å²) in [6, 6.07) is 1.70. The van der Waals surface area contributed by atoms with Crippen molar-refractivity contribution in [3.8, 4) is 0 Å². The predicted octanol–water partition coefficient (Wildman–Crippen LogP) is 0.764. The molecule has 3 fully saturated rings. The van der Waals surface area contributed by atoms with Gasteiger partial charge in [-0.25, -0.2) is 0 Å². The number of hydrogen-bond donors (Lipinski definition) is 1. The second-order valence-corrected chi connectivity index (χ2v) is 6.37. The van der Waals surface area contributed by atoms with Crippen molar-refractivity contribution in [2.45, 2.75) is 37.8 Å². The van der Waals surface area contributed by atoms with Gasteiger partial charge in [0, 0.05) is 43.7 Å². The molecule has 1 saturated carbocycles. The molecule has 0 radical (unpaired) electrons.